The van der Waals surface area contributed by atoms with Gasteiger partial charge in [0.25, 0.3) is 0 Å². The molecule has 17 heavy (non-hydrogen) atoms. The predicted molar refractivity (Wildman–Crippen MR) is 61.7 cm³/mol. The largest absolute Gasteiger partial charge is 0.467 e. The molecule has 0 fully saturated rings. The van der Waals surface area contributed by atoms with E-state index >= 15 is 0 Å². The van der Waals surface area contributed by atoms with Crippen molar-refractivity contribution >= 4 is 12.1 Å². The number of methoxy groups -OCH3 is 2. The van der Waals surface area contributed by atoms with E-state index in [4.69, 9.17) is 9.47 Å². The number of esters is 1. The summed E-state index contributed by atoms with van der Waals surface area (Å²) in [5, 5.41) is 2.44. The Balaban J connectivity index is 4.32. The summed E-state index contributed by atoms with van der Waals surface area (Å²) in [5.41, 5.74) is -0.605. The van der Waals surface area contributed by atoms with Gasteiger partial charge in [0.2, 0.25) is 0 Å². The summed E-state index contributed by atoms with van der Waals surface area (Å²) in [6, 6.07) is -0.755. The Labute approximate surface area is 102 Å². The zero-order valence-corrected chi connectivity index (χ0v) is 11.0. The van der Waals surface area contributed by atoms with Crippen LogP contribution in [0, 0.1) is 0 Å². The van der Waals surface area contributed by atoms with E-state index in [1.807, 2.05) is 0 Å². The lowest BCUT2D eigenvalue weighted by Gasteiger charge is -2.22. The maximum absolute atomic E-state index is 11.5. The maximum atomic E-state index is 11.5. The first kappa shape index (κ1) is 15.7. The molecule has 0 aliphatic rings. The van der Waals surface area contributed by atoms with Gasteiger partial charge in [-0.05, 0) is 20.8 Å². The van der Waals surface area contributed by atoms with Crippen molar-refractivity contribution in [2.24, 2.45) is 0 Å². The average Bonchev–Trinajstić information content (AvgIpc) is 2.20. The Morgan fingerprint density at radius 1 is 1.24 bits per heavy atom. The number of carbonyl (C=O) groups excluding carboxylic acids is 2. The summed E-state index contributed by atoms with van der Waals surface area (Å²) < 4.78 is 14.5. The number of nitrogens with one attached hydrogen (secondary N) is 1. The fourth-order valence-electron chi connectivity index (χ4n) is 1.08. The summed E-state index contributed by atoms with van der Waals surface area (Å²) in [4.78, 5) is 22.8. The first-order valence-corrected chi connectivity index (χ1v) is 5.36. The lowest BCUT2D eigenvalue weighted by Crippen LogP contribution is -2.44. The number of ether oxygens (including phenoxy) is 3. The van der Waals surface area contributed by atoms with Crippen molar-refractivity contribution < 1.29 is 23.8 Å². The molecule has 0 aliphatic carbocycles. The highest BCUT2D eigenvalue weighted by molar-refractivity contribution is 5.81. The standard InChI is InChI=1S/C11H21NO5/c1-11(2,3)17-10(14)12-8(6-7-15-4)9(13)16-5/h8H,6-7H2,1-5H3,(H,12,14). The van der Waals surface area contributed by atoms with Crippen LogP contribution in [0.5, 0.6) is 0 Å². The summed E-state index contributed by atoms with van der Waals surface area (Å²) in [7, 11) is 2.78. The molecular formula is C11H21NO5. The SMILES string of the molecule is COCCC(NC(=O)OC(C)(C)C)C(=O)OC. The molecule has 0 rings (SSSR count). The monoisotopic (exact) mass is 247 g/mol. The fraction of sp³-hybridized carbons (Fsp3) is 0.818. The number of hydrogen-bond donors (Lipinski definition) is 1. The van der Waals surface area contributed by atoms with Crippen molar-refractivity contribution in [3.63, 3.8) is 0 Å². The zero-order chi connectivity index (χ0) is 13.5. The highest BCUT2D eigenvalue weighted by Crippen LogP contribution is 2.07. The predicted octanol–water partition coefficient (Wildman–Crippen LogP) is 1.09. The first-order valence-electron chi connectivity index (χ1n) is 5.36. The second kappa shape index (κ2) is 7.11. The Morgan fingerprint density at radius 2 is 1.82 bits per heavy atom. The summed E-state index contributed by atoms with van der Waals surface area (Å²) in [6.07, 6.45) is -0.313. The van der Waals surface area contributed by atoms with Crippen LogP contribution in [-0.2, 0) is 19.0 Å². The van der Waals surface area contributed by atoms with Crippen molar-refractivity contribution in [2.45, 2.75) is 38.8 Å². The molecule has 0 spiro atoms. The van der Waals surface area contributed by atoms with Gasteiger partial charge in [-0.1, -0.05) is 0 Å². The van der Waals surface area contributed by atoms with Crippen LogP contribution < -0.4 is 5.32 Å². The van der Waals surface area contributed by atoms with Crippen molar-refractivity contribution in [1.82, 2.24) is 5.32 Å². The first-order chi connectivity index (χ1) is 7.80. The smallest absolute Gasteiger partial charge is 0.408 e. The van der Waals surface area contributed by atoms with Crippen LogP contribution in [0.4, 0.5) is 4.79 Å². The Hall–Kier alpha value is -1.30. The van der Waals surface area contributed by atoms with Crippen LogP contribution in [0.3, 0.4) is 0 Å². The third-order valence-corrected chi connectivity index (χ3v) is 1.79. The van der Waals surface area contributed by atoms with Crippen LogP contribution in [0.2, 0.25) is 0 Å². The third-order valence-electron chi connectivity index (χ3n) is 1.79. The van der Waals surface area contributed by atoms with Gasteiger partial charge < -0.3 is 19.5 Å². The van der Waals surface area contributed by atoms with E-state index in [2.05, 4.69) is 10.1 Å². The molecule has 100 valence electrons. The number of rotatable bonds is 5. The lowest BCUT2D eigenvalue weighted by molar-refractivity contribution is -0.143. The van der Waals surface area contributed by atoms with Gasteiger partial charge in [-0.3, -0.25) is 0 Å². The molecule has 1 atom stereocenters. The molecule has 1 amide bonds. The number of carbonyl (C=O) groups is 2. The van der Waals surface area contributed by atoms with Gasteiger partial charge in [0.05, 0.1) is 7.11 Å². The second-order valence-corrected chi connectivity index (χ2v) is 4.50. The van der Waals surface area contributed by atoms with Gasteiger partial charge in [0.1, 0.15) is 11.6 Å². The molecule has 0 saturated heterocycles. The van der Waals surface area contributed by atoms with E-state index in [0.717, 1.165) is 0 Å². The molecule has 0 aromatic heterocycles. The molecule has 1 unspecified atom stereocenters. The summed E-state index contributed by atoms with van der Waals surface area (Å²) >= 11 is 0. The minimum atomic E-state index is -0.755. The molecule has 0 bridgehead atoms. The molecule has 6 heteroatoms. The minimum absolute atomic E-state index is 0.336. The minimum Gasteiger partial charge on any atom is -0.467 e. The van der Waals surface area contributed by atoms with Crippen LogP contribution in [0.25, 0.3) is 0 Å². The van der Waals surface area contributed by atoms with Gasteiger partial charge >= 0.3 is 12.1 Å². The molecule has 0 aliphatic heterocycles. The normalized spacial score (nSPS) is 12.8. The maximum Gasteiger partial charge on any atom is 0.408 e. The molecular weight excluding hydrogens is 226 g/mol. The van der Waals surface area contributed by atoms with E-state index in [-0.39, 0.29) is 0 Å². The van der Waals surface area contributed by atoms with E-state index in [1.54, 1.807) is 20.8 Å². The van der Waals surface area contributed by atoms with Gasteiger partial charge in [0, 0.05) is 20.1 Å². The van der Waals surface area contributed by atoms with E-state index in [9.17, 15) is 9.59 Å². The Bertz CT molecular complexity index is 259. The van der Waals surface area contributed by atoms with Gasteiger partial charge in [-0.2, -0.15) is 0 Å². The highest BCUT2D eigenvalue weighted by Gasteiger charge is 2.24. The van der Waals surface area contributed by atoms with Crippen molar-refractivity contribution in [2.75, 3.05) is 20.8 Å². The summed E-state index contributed by atoms with van der Waals surface area (Å²) in [6.45, 7) is 5.58. The van der Waals surface area contributed by atoms with Crippen molar-refractivity contribution in [3.8, 4) is 0 Å². The van der Waals surface area contributed by atoms with E-state index in [0.29, 0.717) is 13.0 Å². The number of amides is 1. The molecule has 0 aromatic rings. The van der Waals surface area contributed by atoms with Gasteiger partial charge in [-0.15, -0.1) is 0 Å². The van der Waals surface area contributed by atoms with E-state index in [1.165, 1.54) is 14.2 Å². The molecule has 0 heterocycles. The molecule has 6 nitrogen and oxygen atoms in total. The zero-order valence-electron chi connectivity index (χ0n) is 11.0. The Kier molecular flexibility index (Phi) is 6.57. The van der Waals surface area contributed by atoms with E-state index < -0.39 is 23.7 Å². The Morgan fingerprint density at radius 3 is 2.24 bits per heavy atom. The number of hydrogen-bond acceptors (Lipinski definition) is 5. The third kappa shape index (κ3) is 7.57. The van der Waals surface area contributed by atoms with Crippen molar-refractivity contribution in [1.29, 1.82) is 0 Å². The molecule has 0 radical (unpaired) electrons. The topological polar surface area (TPSA) is 73.9 Å². The van der Waals surface area contributed by atoms with Crippen LogP contribution in [0.1, 0.15) is 27.2 Å². The lowest BCUT2D eigenvalue weighted by atomic mass is 10.2. The summed E-state index contributed by atoms with van der Waals surface area (Å²) in [5.74, 6) is -0.520. The quantitative estimate of drug-likeness (QED) is 0.736. The van der Waals surface area contributed by atoms with Gasteiger partial charge in [0.15, 0.2) is 0 Å². The van der Waals surface area contributed by atoms with Crippen LogP contribution in [0.15, 0.2) is 0 Å². The van der Waals surface area contributed by atoms with Crippen LogP contribution in [-0.4, -0.2) is 44.5 Å². The molecule has 0 aromatic carbocycles. The molecule has 0 saturated carbocycles. The number of alkyl carbamates (subject to hydrolysis) is 1. The fourth-order valence-corrected chi connectivity index (χ4v) is 1.08. The average molecular weight is 247 g/mol. The molecule has 1 N–H and O–H groups in total. The van der Waals surface area contributed by atoms with Crippen molar-refractivity contribution in [3.05, 3.63) is 0 Å². The van der Waals surface area contributed by atoms with Crippen LogP contribution >= 0.6 is 0 Å². The van der Waals surface area contributed by atoms with Gasteiger partial charge in [-0.25, -0.2) is 9.59 Å². The highest BCUT2D eigenvalue weighted by atomic mass is 16.6. The second-order valence-electron chi connectivity index (χ2n) is 4.50.